The normalized spacial score (nSPS) is 17.7. The number of sulfonamides is 1. The molecule has 1 aliphatic rings. The number of carbonyl (C=O) groups is 1. The molecule has 3 aromatic rings. The van der Waals surface area contributed by atoms with Gasteiger partial charge in [0.1, 0.15) is 11.6 Å². The minimum Gasteiger partial charge on any atom is -0.497 e. The van der Waals surface area contributed by atoms with Gasteiger partial charge in [0.05, 0.1) is 34.7 Å². The molecule has 10 heteroatoms. The highest BCUT2D eigenvalue weighted by atomic mass is 32.2. The Kier molecular flexibility index (Phi) is 6.65. The van der Waals surface area contributed by atoms with Gasteiger partial charge in [0.2, 0.25) is 10.0 Å². The van der Waals surface area contributed by atoms with Crippen molar-refractivity contribution in [3.05, 3.63) is 53.1 Å². The van der Waals surface area contributed by atoms with Crippen LogP contribution in [0.3, 0.4) is 0 Å². The average Bonchev–Trinajstić information content (AvgIpc) is 3.17. The van der Waals surface area contributed by atoms with E-state index in [2.05, 4.69) is 10.9 Å². The van der Waals surface area contributed by atoms with Gasteiger partial charge < -0.3 is 9.30 Å². The monoisotopic (exact) mass is 487 g/mol. The van der Waals surface area contributed by atoms with Gasteiger partial charge in [-0.2, -0.15) is 9.30 Å². The maximum atomic E-state index is 14.4. The minimum absolute atomic E-state index is 0.0328. The first kappa shape index (κ1) is 23.2. The highest BCUT2D eigenvalue weighted by Crippen LogP contribution is 2.26. The summed E-state index contributed by atoms with van der Waals surface area (Å²) in [5.74, 6) is 1.55. The molecule has 2 aromatic carbocycles. The first-order valence-electron chi connectivity index (χ1n) is 10.3. The van der Waals surface area contributed by atoms with E-state index in [0.29, 0.717) is 40.2 Å². The van der Waals surface area contributed by atoms with Crippen LogP contribution in [0.15, 0.2) is 52.4 Å². The van der Waals surface area contributed by atoms with Crippen LogP contribution in [0.5, 0.6) is 5.75 Å². The van der Waals surface area contributed by atoms with E-state index in [1.54, 1.807) is 24.3 Å². The predicted molar refractivity (Wildman–Crippen MR) is 124 cm³/mol. The molecule has 0 bridgehead atoms. The number of amides is 1. The summed E-state index contributed by atoms with van der Waals surface area (Å²) in [7, 11) is -2.26. The van der Waals surface area contributed by atoms with E-state index in [0.717, 1.165) is 0 Å². The van der Waals surface area contributed by atoms with Gasteiger partial charge >= 0.3 is 0 Å². The lowest BCUT2D eigenvalue weighted by Crippen LogP contribution is -2.42. The van der Waals surface area contributed by atoms with Crippen LogP contribution in [0.1, 0.15) is 12.8 Å². The summed E-state index contributed by atoms with van der Waals surface area (Å²) in [4.78, 5) is 17.7. The summed E-state index contributed by atoms with van der Waals surface area (Å²) in [6.45, 7) is 0.421. The SMILES string of the molecule is C#CCn1c(=NC(=O)C2CCCN(S(=O)(=O)c3ccc(OC)cc3)C2)sc2cccc(F)c21. The molecule has 1 aliphatic heterocycles. The number of thiazole rings is 1. The number of nitrogens with zero attached hydrogens (tertiary/aromatic N) is 3. The molecule has 1 fully saturated rings. The van der Waals surface area contributed by atoms with Crippen molar-refractivity contribution in [2.45, 2.75) is 24.3 Å². The molecule has 0 radical (unpaired) electrons. The van der Waals surface area contributed by atoms with Crippen molar-refractivity contribution in [3.8, 4) is 18.1 Å². The van der Waals surface area contributed by atoms with Crippen molar-refractivity contribution < 1.29 is 22.3 Å². The summed E-state index contributed by atoms with van der Waals surface area (Å²) in [5.41, 5.74) is 0.305. The van der Waals surface area contributed by atoms with Crippen molar-refractivity contribution in [2.24, 2.45) is 10.9 Å². The molecule has 1 saturated heterocycles. The third-order valence-electron chi connectivity index (χ3n) is 5.54. The number of terminal acetylenes is 1. The number of rotatable bonds is 5. The Morgan fingerprint density at radius 3 is 2.76 bits per heavy atom. The second kappa shape index (κ2) is 9.47. The fraction of sp³-hybridized carbons (Fsp3) is 0.304. The summed E-state index contributed by atoms with van der Waals surface area (Å²) >= 11 is 1.17. The number of piperidine rings is 1. The average molecular weight is 488 g/mol. The second-order valence-electron chi connectivity index (χ2n) is 7.59. The van der Waals surface area contributed by atoms with Crippen molar-refractivity contribution in [1.82, 2.24) is 8.87 Å². The smallest absolute Gasteiger partial charge is 0.252 e. The van der Waals surface area contributed by atoms with Crippen molar-refractivity contribution in [2.75, 3.05) is 20.2 Å². The van der Waals surface area contributed by atoms with Gasteiger partial charge in [-0.1, -0.05) is 23.3 Å². The van der Waals surface area contributed by atoms with Crippen molar-refractivity contribution >= 4 is 37.5 Å². The molecule has 1 atom stereocenters. The van der Waals surface area contributed by atoms with E-state index < -0.39 is 27.7 Å². The fourth-order valence-electron chi connectivity index (χ4n) is 3.85. The van der Waals surface area contributed by atoms with E-state index in [1.165, 1.54) is 45.5 Å². The molecule has 2 heterocycles. The number of halogens is 1. The largest absolute Gasteiger partial charge is 0.497 e. The number of hydrogen-bond acceptors (Lipinski definition) is 5. The Hall–Kier alpha value is -3.00. The third-order valence-corrected chi connectivity index (χ3v) is 8.46. The van der Waals surface area contributed by atoms with Crippen LogP contribution in [0.2, 0.25) is 0 Å². The lowest BCUT2D eigenvalue weighted by atomic mass is 9.99. The zero-order chi connectivity index (χ0) is 23.6. The van der Waals surface area contributed by atoms with Crippen molar-refractivity contribution in [1.29, 1.82) is 0 Å². The third kappa shape index (κ3) is 4.57. The van der Waals surface area contributed by atoms with Gasteiger partial charge in [-0.3, -0.25) is 4.79 Å². The van der Waals surface area contributed by atoms with Crippen LogP contribution in [0.25, 0.3) is 10.2 Å². The molecule has 172 valence electrons. The van der Waals surface area contributed by atoms with Crippen LogP contribution in [-0.2, 0) is 21.4 Å². The fourth-order valence-corrected chi connectivity index (χ4v) is 6.43. The number of para-hydroxylation sites is 1. The van der Waals surface area contributed by atoms with E-state index in [-0.39, 0.29) is 18.0 Å². The van der Waals surface area contributed by atoms with E-state index in [9.17, 15) is 17.6 Å². The first-order valence-corrected chi connectivity index (χ1v) is 12.5. The second-order valence-corrected chi connectivity index (χ2v) is 10.5. The lowest BCUT2D eigenvalue weighted by molar-refractivity contribution is -0.122. The van der Waals surface area contributed by atoms with Crippen LogP contribution in [0, 0.1) is 24.1 Å². The highest BCUT2D eigenvalue weighted by Gasteiger charge is 2.33. The van der Waals surface area contributed by atoms with Crippen LogP contribution >= 0.6 is 11.3 Å². The number of methoxy groups -OCH3 is 1. The number of ether oxygens (including phenoxy) is 1. The van der Waals surface area contributed by atoms with E-state index in [4.69, 9.17) is 11.2 Å². The first-order chi connectivity index (χ1) is 15.8. The molecule has 1 unspecified atom stereocenters. The van der Waals surface area contributed by atoms with Gasteiger partial charge in [0.25, 0.3) is 5.91 Å². The number of aromatic nitrogens is 1. The minimum atomic E-state index is -3.76. The number of hydrogen-bond donors (Lipinski definition) is 0. The topological polar surface area (TPSA) is 81.0 Å². The lowest BCUT2D eigenvalue weighted by Gasteiger charge is -2.30. The molecule has 4 rings (SSSR count). The number of fused-ring (bicyclic) bond motifs is 1. The molecule has 1 aromatic heterocycles. The van der Waals surface area contributed by atoms with Crippen LogP contribution in [-0.4, -0.2) is 43.4 Å². The maximum Gasteiger partial charge on any atom is 0.252 e. The Labute approximate surface area is 195 Å². The summed E-state index contributed by atoms with van der Waals surface area (Å²) in [6, 6.07) is 10.8. The predicted octanol–water partition coefficient (Wildman–Crippen LogP) is 3.01. The van der Waals surface area contributed by atoms with Gasteiger partial charge in [-0.15, -0.1) is 6.42 Å². The maximum absolute atomic E-state index is 14.4. The summed E-state index contributed by atoms with van der Waals surface area (Å²) in [5, 5.41) is 0. The van der Waals surface area contributed by atoms with Gasteiger partial charge in [0, 0.05) is 13.1 Å². The molecule has 7 nitrogen and oxygen atoms in total. The molecule has 1 amide bonds. The van der Waals surface area contributed by atoms with Crippen molar-refractivity contribution in [3.63, 3.8) is 0 Å². The van der Waals surface area contributed by atoms with Gasteiger partial charge in [0.15, 0.2) is 4.80 Å². The Morgan fingerprint density at radius 1 is 1.30 bits per heavy atom. The molecule has 0 saturated carbocycles. The van der Waals surface area contributed by atoms with E-state index >= 15 is 0 Å². The molecule has 33 heavy (non-hydrogen) atoms. The summed E-state index contributed by atoms with van der Waals surface area (Å²) in [6.07, 6.45) is 6.50. The van der Waals surface area contributed by atoms with E-state index in [1.807, 2.05) is 0 Å². The standard InChI is InChI=1S/C23H22FN3O4S2/c1-3-13-27-21-19(24)7-4-8-20(21)32-23(27)25-22(28)16-6-5-14-26(15-16)33(29,30)18-11-9-17(31-2)10-12-18/h1,4,7-12,16H,5-6,13-15H2,2H3. The van der Waals surface area contributed by atoms with Crippen LogP contribution < -0.4 is 9.54 Å². The molecule has 0 aliphatic carbocycles. The molecular weight excluding hydrogens is 465 g/mol. The molecular formula is C23H22FN3O4S2. The quantitative estimate of drug-likeness (QED) is 0.518. The van der Waals surface area contributed by atoms with Gasteiger partial charge in [-0.05, 0) is 49.2 Å². The zero-order valence-corrected chi connectivity index (χ0v) is 19.5. The Bertz CT molecular complexity index is 1400. The van der Waals surface area contributed by atoms with Gasteiger partial charge in [-0.25, -0.2) is 12.8 Å². The number of carbonyl (C=O) groups excluding carboxylic acids is 1. The molecule has 0 N–H and O–H groups in total. The number of benzene rings is 2. The zero-order valence-electron chi connectivity index (χ0n) is 17.9. The Balaban J connectivity index is 1.62. The Morgan fingerprint density at radius 2 is 2.06 bits per heavy atom. The van der Waals surface area contributed by atoms with Crippen LogP contribution in [0.4, 0.5) is 4.39 Å². The molecule has 0 spiro atoms. The summed E-state index contributed by atoms with van der Waals surface area (Å²) < 4.78 is 49.1. The highest BCUT2D eigenvalue weighted by molar-refractivity contribution is 7.89.